The van der Waals surface area contributed by atoms with Crippen LogP contribution in [0.3, 0.4) is 0 Å². The van der Waals surface area contributed by atoms with Crippen LogP contribution in [0.1, 0.15) is 0 Å². The van der Waals surface area contributed by atoms with Gasteiger partial charge in [-0.05, 0) is 19.6 Å². The zero-order valence-corrected chi connectivity index (χ0v) is 11.8. The van der Waals surface area contributed by atoms with E-state index in [0.717, 1.165) is 12.2 Å². The van der Waals surface area contributed by atoms with Gasteiger partial charge in [-0.2, -0.15) is 0 Å². The van der Waals surface area contributed by atoms with Gasteiger partial charge in [-0.3, -0.25) is 0 Å². The number of carbonyl (C=O) groups excluding carboxylic acids is 2. The molecule has 0 fully saturated rings. The third kappa shape index (κ3) is 6.33. The molecule has 0 N–H and O–H groups in total. The Morgan fingerprint density at radius 2 is 1.69 bits per heavy atom. The Kier molecular flexibility index (Phi) is 5.93. The molecule has 0 amide bonds. The Hall–Kier alpha value is -1.19. The van der Waals surface area contributed by atoms with Crippen LogP contribution in [0.15, 0.2) is 25.3 Å². The van der Waals surface area contributed by atoms with Gasteiger partial charge in [-0.15, -0.1) is 0 Å². The van der Waals surface area contributed by atoms with Crippen molar-refractivity contribution in [3.63, 3.8) is 0 Å². The summed E-state index contributed by atoms with van der Waals surface area (Å²) in [6.07, 6.45) is 2.14. The van der Waals surface area contributed by atoms with Crippen LogP contribution in [0.5, 0.6) is 0 Å². The maximum Gasteiger partial charge on any atom is 0.387 e. The number of hydrogen-bond acceptors (Lipinski definition) is 5. The fourth-order valence-corrected chi connectivity index (χ4v) is 5.52. The van der Waals surface area contributed by atoms with Gasteiger partial charge in [-0.1, -0.05) is 13.2 Å². The molecule has 0 aromatic rings. The topological polar surface area (TPSA) is 61.8 Å². The Labute approximate surface area is 97.8 Å². The van der Waals surface area contributed by atoms with E-state index in [1.807, 2.05) is 0 Å². The van der Waals surface area contributed by atoms with Gasteiger partial charge in [0.05, 0.1) is 0 Å². The molecule has 0 aromatic heterocycles. The quantitative estimate of drug-likeness (QED) is 0.527. The van der Waals surface area contributed by atoms with E-state index in [1.165, 1.54) is 0 Å². The Morgan fingerprint density at radius 1 is 1.19 bits per heavy atom. The van der Waals surface area contributed by atoms with Crippen LogP contribution in [0.2, 0.25) is 19.6 Å². The predicted octanol–water partition coefficient (Wildman–Crippen LogP) is 1.01. The van der Waals surface area contributed by atoms with Crippen LogP contribution in [-0.2, 0) is 22.6 Å². The van der Waals surface area contributed by atoms with Crippen molar-refractivity contribution in [2.75, 3.05) is 0 Å². The summed E-state index contributed by atoms with van der Waals surface area (Å²) in [6, 6.07) is 0. The lowest BCUT2D eigenvalue weighted by molar-refractivity contribution is -0.130. The van der Waals surface area contributed by atoms with Crippen LogP contribution in [0.4, 0.5) is 0 Å². The molecule has 5 nitrogen and oxygen atoms in total. The lowest BCUT2D eigenvalue weighted by Crippen LogP contribution is -2.43. The van der Waals surface area contributed by atoms with E-state index in [2.05, 4.69) is 13.2 Å². The van der Waals surface area contributed by atoms with Gasteiger partial charge < -0.3 is 13.0 Å². The van der Waals surface area contributed by atoms with E-state index in [1.54, 1.807) is 19.6 Å². The summed E-state index contributed by atoms with van der Waals surface area (Å²) in [5, 5.41) is 0. The van der Waals surface area contributed by atoms with Crippen molar-refractivity contribution in [2.24, 2.45) is 0 Å². The second-order valence-electron chi connectivity index (χ2n) is 3.35. The summed E-state index contributed by atoms with van der Waals surface area (Å²) >= 11 is 0. The lowest BCUT2D eigenvalue weighted by Gasteiger charge is -2.24. The van der Waals surface area contributed by atoms with Gasteiger partial charge >= 0.3 is 29.8 Å². The molecule has 0 rings (SSSR count). The predicted molar refractivity (Wildman–Crippen MR) is 64.2 cm³/mol. The largest absolute Gasteiger partial charge is 0.494 e. The van der Waals surface area contributed by atoms with E-state index >= 15 is 0 Å². The fourth-order valence-electron chi connectivity index (χ4n) is 0.943. The maximum atomic E-state index is 11.0. The number of hydrogen-bond donors (Lipinski definition) is 0. The van der Waals surface area contributed by atoms with Crippen molar-refractivity contribution in [3.05, 3.63) is 25.3 Å². The fraction of sp³-hybridized carbons (Fsp3) is 0.333. The SMILES string of the molecule is C=CC(=O)O[SiH](C)O[Si](C)(C)OC(=O)C=C. The number of carbonyl (C=O) groups is 2. The molecule has 0 saturated heterocycles. The highest BCUT2D eigenvalue weighted by Crippen LogP contribution is 2.09. The zero-order valence-electron chi connectivity index (χ0n) is 9.69. The van der Waals surface area contributed by atoms with Gasteiger partial charge in [0.2, 0.25) is 0 Å². The summed E-state index contributed by atoms with van der Waals surface area (Å²) < 4.78 is 15.5. The average molecular weight is 260 g/mol. The van der Waals surface area contributed by atoms with Crippen LogP contribution in [0, 0.1) is 0 Å². The van der Waals surface area contributed by atoms with Gasteiger partial charge in [0.1, 0.15) is 0 Å². The molecule has 1 unspecified atom stereocenters. The molecule has 0 radical (unpaired) electrons. The molecule has 16 heavy (non-hydrogen) atoms. The summed E-state index contributed by atoms with van der Waals surface area (Å²) in [5.74, 6) is -1.06. The molecule has 0 aliphatic rings. The van der Waals surface area contributed by atoms with Crippen LogP contribution in [-0.4, -0.2) is 29.8 Å². The molecular weight excluding hydrogens is 244 g/mol. The summed E-state index contributed by atoms with van der Waals surface area (Å²) in [4.78, 5) is 21.9. The zero-order chi connectivity index (χ0) is 12.8. The second-order valence-corrected chi connectivity index (χ2v) is 8.67. The van der Waals surface area contributed by atoms with Crippen molar-refractivity contribution in [1.29, 1.82) is 0 Å². The minimum atomic E-state index is -2.60. The van der Waals surface area contributed by atoms with E-state index in [4.69, 9.17) is 13.0 Å². The molecule has 0 heterocycles. The molecular formula is C9H16O5Si2. The van der Waals surface area contributed by atoms with Crippen LogP contribution < -0.4 is 0 Å². The minimum absolute atomic E-state index is 0.529. The van der Waals surface area contributed by atoms with E-state index < -0.39 is 29.8 Å². The Bertz CT molecular complexity index is 300. The van der Waals surface area contributed by atoms with E-state index in [9.17, 15) is 9.59 Å². The standard InChI is InChI=1S/C9H16O5Si2/c1-6-8(10)12-15(3)14-16(4,5)13-9(11)7-2/h6-7,15H,1-2H2,3-5H3. The van der Waals surface area contributed by atoms with E-state index in [0.29, 0.717) is 0 Å². The molecule has 7 heteroatoms. The highest BCUT2D eigenvalue weighted by molar-refractivity contribution is 6.73. The first-order valence-corrected chi connectivity index (χ1v) is 9.58. The highest BCUT2D eigenvalue weighted by Gasteiger charge is 2.32. The lowest BCUT2D eigenvalue weighted by atomic mass is 10.7. The third-order valence-electron chi connectivity index (χ3n) is 1.41. The molecule has 0 spiro atoms. The summed E-state index contributed by atoms with van der Waals surface area (Å²) in [6.45, 7) is 11.6. The highest BCUT2D eigenvalue weighted by atomic mass is 28.4. The third-order valence-corrected chi connectivity index (χ3v) is 6.27. The van der Waals surface area contributed by atoms with Crippen LogP contribution in [0.25, 0.3) is 0 Å². The van der Waals surface area contributed by atoms with Gasteiger partial charge in [0.15, 0.2) is 0 Å². The monoisotopic (exact) mass is 260 g/mol. The number of rotatable bonds is 6. The molecule has 0 saturated carbocycles. The Morgan fingerprint density at radius 3 is 2.12 bits per heavy atom. The van der Waals surface area contributed by atoms with Crippen molar-refractivity contribution < 1.29 is 22.6 Å². The van der Waals surface area contributed by atoms with Gasteiger partial charge in [-0.25, -0.2) is 9.59 Å². The first kappa shape index (κ1) is 14.8. The van der Waals surface area contributed by atoms with Crippen molar-refractivity contribution in [3.8, 4) is 0 Å². The smallest absolute Gasteiger partial charge is 0.387 e. The van der Waals surface area contributed by atoms with Gasteiger partial charge in [0.25, 0.3) is 0 Å². The first-order valence-electron chi connectivity index (χ1n) is 4.67. The molecule has 0 aliphatic heterocycles. The van der Waals surface area contributed by atoms with Crippen molar-refractivity contribution >= 4 is 29.8 Å². The molecule has 0 aliphatic carbocycles. The minimum Gasteiger partial charge on any atom is -0.494 e. The summed E-state index contributed by atoms with van der Waals surface area (Å²) in [5.41, 5.74) is 0. The molecule has 0 bridgehead atoms. The molecule has 1 atom stereocenters. The molecule has 90 valence electrons. The molecule has 0 aromatic carbocycles. The Balaban J connectivity index is 4.23. The first-order chi connectivity index (χ1) is 7.30. The maximum absolute atomic E-state index is 11.0. The normalized spacial score (nSPS) is 12.4. The van der Waals surface area contributed by atoms with Crippen molar-refractivity contribution in [1.82, 2.24) is 0 Å². The van der Waals surface area contributed by atoms with Crippen molar-refractivity contribution in [2.45, 2.75) is 19.6 Å². The van der Waals surface area contributed by atoms with Gasteiger partial charge in [0, 0.05) is 12.2 Å². The van der Waals surface area contributed by atoms with Crippen LogP contribution >= 0.6 is 0 Å². The summed E-state index contributed by atoms with van der Waals surface area (Å²) in [7, 11) is -4.74. The van der Waals surface area contributed by atoms with E-state index in [-0.39, 0.29) is 0 Å². The average Bonchev–Trinajstić information content (AvgIpc) is 2.15. The second kappa shape index (κ2) is 6.41.